The number of halogens is 1. The molecule has 0 saturated carbocycles. The smallest absolute Gasteiger partial charge is 0.192 e. The van der Waals surface area contributed by atoms with Crippen molar-refractivity contribution in [1.82, 2.24) is 9.97 Å². The molecule has 0 aliphatic heterocycles. The van der Waals surface area contributed by atoms with E-state index in [9.17, 15) is 12.8 Å². The zero-order valence-corrected chi connectivity index (χ0v) is 12.6. The van der Waals surface area contributed by atoms with Crippen LogP contribution in [0.1, 0.15) is 25.1 Å². The van der Waals surface area contributed by atoms with Gasteiger partial charge in [0.25, 0.3) is 0 Å². The van der Waals surface area contributed by atoms with E-state index in [0.717, 1.165) is 12.7 Å². The van der Waals surface area contributed by atoms with Crippen molar-refractivity contribution >= 4 is 15.5 Å². The van der Waals surface area contributed by atoms with Gasteiger partial charge in [0.2, 0.25) is 0 Å². The Labute approximate surface area is 123 Å². The lowest BCUT2D eigenvalue weighted by atomic mass is 10.1. The fraction of sp³-hybridized carbons (Fsp3) is 0.286. The molecule has 2 heterocycles. The maximum atomic E-state index is 12.9. The summed E-state index contributed by atoms with van der Waals surface area (Å²) in [4.78, 5) is 7.96. The topological polar surface area (TPSA) is 72.0 Å². The average molecular weight is 309 g/mol. The maximum Gasteiger partial charge on any atom is 0.192 e. The van der Waals surface area contributed by atoms with Crippen molar-refractivity contribution in [1.29, 1.82) is 0 Å². The molecule has 2 rings (SSSR count). The van der Waals surface area contributed by atoms with E-state index < -0.39 is 9.84 Å². The van der Waals surface area contributed by atoms with Gasteiger partial charge in [-0.15, -0.1) is 0 Å². The number of anilines is 1. The lowest BCUT2D eigenvalue weighted by molar-refractivity contribution is 0.598. The number of sulfone groups is 1. The Morgan fingerprint density at radius 1 is 1.19 bits per heavy atom. The van der Waals surface area contributed by atoms with Crippen LogP contribution < -0.4 is 5.32 Å². The van der Waals surface area contributed by atoms with E-state index in [4.69, 9.17) is 0 Å². The highest BCUT2D eigenvalue weighted by atomic mass is 32.2. The fourth-order valence-electron chi connectivity index (χ4n) is 1.86. The number of nitrogens with one attached hydrogen (secondary N) is 1. The van der Waals surface area contributed by atoms with Crippen LogP contribution in [0.15, 0.2) is 41.7 Å². The Balaban J connectivity index is 2.17. The molecular weight excluding hydrogens is 293 g/mol. The number of rotatable bonds is 5. The lowest BCUT2D eigenvalue weighted by Crippen LogP contribution is -2.12. The summed E-state index contributed by atoms with van der Waals surface area (Å²) in [5.41, 5.74) is 1.39. The largest absolute Gasteiger partial charge is 0.375 e. The number of nitrogens with zero attached hydrogens (tertiary/aromatic N) is 2. The highest BCUT2D eigenvalue weighted by Gasteiger charge is 2.12. The first-order valence-corrected chi connectivity index (χ1v) is 8.33. The molecule has 0 saturated heterocycles. The van der Waals surface area contributed by atoms with Crippen LogP contribution in [0.2, 0.25) is 0 Å². The molecular formula is C14H16FN3O2S. The van der Waals surface area contributed by atoms with Crippen molar-refractivity contribution in [2.45, 2.75) is 24.4 Å². The third kappa shape index (κ3) is 3.98. The van der Waals surface area contributed by atoms with E-state index in [0.29, 0.717) is 11.4 Å². The van der Waals surface area contributed by atoms with E-state index in [1.54, 1.807) is 12.1 Å². The summed E-state index contributed by atoms with van der Waals surface area (Å²) >= 11 is 0. The predicted octanol–water partition coefficient (Wildman–Crippen LogP) is 2.58. The van der Waals surface area contributed by atoms with Gasteiger partial charge in [0.05, 0.1) is 29.8 Å². The van der Waals surface area contributed by atoms with Crippen LogP contribution in [0.5, 0.6) is 0 Å². The molecule has 1 N–H and O–H groups in total. The number of hydrogen-bond donors (Lipinski definition) is 1. The van der Waals surface area contributed by atoms with E-state index in [1.807, 2.05) is 6.92 Å². The second-order valence-electron chi connectivity index (χ2n) is 4.66. The molecule has 2 aromatic heterocycles. The molecule has 0 fully saturated rings. The maximum absolute atomic E-state index is 12.9. The average Bonchev–Trinajstić information content (AvgIpc) is 2.45. The minimum atomic E-state index is -3.30. The molecule has 1 unspecified atom stereocenters. The van der Waals surface area contributed by atoms with Crippen molar-refractivity contribution in [2.24, 2.45) is 0 Å². The van der Waals surface area contributed by atoms with Gasteiger partial charge in [-0.3, -0.25) is 4.98 Å². The molecule has 112 valence electrons. The Kier molecular flexibility index (Phi) is 4.52. The Bertz CT molecular complexity index is 700. The molecule has 0 aliphatic rings. The summed E-state index contributed by atoms with van der Waals surface area (Å²) in [5.74, 6) is -0.382. The molecule has 0 aromatic carbocycles. The molecule has 5 nitrogen and oxygen atoms in total. The molecule has 0 spiro atoms. The van der Waals surface area contributed by atoms with Crippen LogP contribution >= 0.6 is 0 Å². The monoisotopic (exact) mass is 309 g/mol. The minimum Gasteiger partial charge on any atom is -0.375 e. The molecule has 7 heteroatoms. The second-order valence-corrected chi connectivity index (χ2v) is 6.63. The van der Waals surface area contributed by atoms with E-state index in [1.165, 1.54) is 24.5 Å². The van der Waals surface area contributed by atoms with E-state index in [2.05, 4.69) is 15.3 Å². The van der Waals surface area contributed by atoms with E-state index >= 15 is 0 Å². The van der Waals surface area contributed by atoms with E-state index in [-0.39, 0.29) is 16.9 Å². The summed E-state index contributed by atoms with van der Waals surface area (Å²) in [5, 5.41) is 3.23. The zero-order chi connectivity index (χ0) is 15.5. The third-order valence-electron chi connectivity index (χ3n) is 2.97. The normalized spacial score (nSPS) is 12.9. The third-order valence-corrected chi connectivity index (χ3v) is 3.97. The van der Waals surface area contributed by atoms with Crippen molar-refractivity contribution in [3.05, 3.63) is 48.2 Å². The fourth-order valence-corrected chi connectivity index (χ4v) is 2.42. The standard InChI is InChI=1S/C14H16FN3O2S/c1-3-12(13-6-4-10(15)8-16-13)18-11-5-7-14(17-9-11)21(2,19)20/h4-9,12,18H,3H2,1-2H3. The van der Waals surface area contributed by atoms with Crippen molar-refractivity contribution in [3.8, 4) is 0 Å². The molecule has 0 bridgehead atoms. The highest BCUT2D eigenvalue weighted by molar-refractivity contribution is 7.90. The minimum absolute atomic E-state index is 0.0287. The second kappa shape index (κ2) is 6.17. The van der Waals surface area contributed by atoms with Gasteiger partial charge in [0, 0.05) is 6.26 Å². The van der Waals surface area contributed by atoms with Gasteiger partial charge in [-0.1, -0.05) is 6.92 Å². The quantitative estimate of drug-likeness (QED) is 0.919. The van der Waals surface area contributed by atoms with Crippen LogP contribution in [0.3, 0.4) is 0 Å². The van der Waals surface area contributed by atoms with Crippen LogP contribution in [0.25, 0.3) is 0 Å². The molecule has 1 atom stereocenters. The first-order chi connectivity index (χ1) is 9.90. The SMILES string of the molecule is CCC(Nc1ccc(S(C)(=O)=O)nc1)c1ccc(F)cn1. The molecule has 0 aliphatic carbocycles. The van der Waals surface area contributed by atoms with Crippen LogP contribution in [0, 0.1) is 5.82 Å². The van der Waals surface area contributed by atoms with Gasteiger partial charge in [0.1, 0.15) is 5.82 Å². The molecule has 0 radical (unpaired) electrons. The van der Waals surface area contributed by atoms with Crippen molar-refractivity contribution in [2.75, 3.05) is 11.6 Å². The van der Waals surface area contributed by atoms with Gasteiger partial charge in [-0.25, -0.2) is 17.8 Å². The van der Waals surface area contributed by atoms with Gasteiger partial charge in [0.15, 0.2) is 14.9 Å². The number of pyridine rings is 2. The molecule has 21 heavy (non-hydrogen) atoms. The number of aromatic nitrogens is 2. The summed E-state index contributed by atoms with van der Waals surface area (Å²) in [6.07, 6.45) is 4.49. The molecule has 0 amide bonds. The molecule has 2 aromatic rings. The van der Waals surface area contributed by atoms with Gasteiger partial charge in [-0.05, 0) is 30.7 Å². The lowest BCUT2D eigenvalue weighted by Gasteiger charge is -2.17. The predicted molar refractivity (Wildman–Crippen MR) is 78.2 cm³/mol. The Morgan fingerprint density at radius 3 is 2.43 bits per heavy atom. The van der Waals surface area contributed by atoms with Gasteiger partial charge in [-0.2, -0.15) is 0 Å². The highest BCUT2D eigenvalue weighted by Crippen LogP contribution is 2.21. The van der Waals surface area contributed by atoms with Crippen molar-refractivity contribution in [3.63, 3.8) is 0 Å². The van der Waals surface area contributed by atoms with Crippen LogP contribution in [0.4, 0.5) is 10.1 Å². The van der Waals surface area contributed by atoms with Crippen molar-refractivity contribution < 1.29 is 12.8 Å². The van der Waals surface area contributed by atoms with Crippen LogP contribution in [-0.4, -0.2) is 24.6 Å². The number of hydrogen-bond acceptors (Lipinski definition) is 5. The summed E-state index contributed by atoms with van der Waals surface area (Å²) in [6.45, 7) is 1.97. The summed E-state index contributed by atoms with van der Waals surface area (Å²) < 4.78 is 35.6. The Hall–Kier alpha value is -2.02. The first-order valence-electron chi connectivity index (χ1n) is 6.44. The van der Waals surface area contributed by atoms with Crippen LogP contribution in [-0.2, 0) is 9.84 Å². The van der Waals surface area contributed by atoms with Gasteiger partial charge < -0.3 is 5.32 Å². The summed E-state index contributed by atoms with van der Waals surface area (Å²) in [6, 6.07) is 5.97. The first kappa shape index (κ1) is 15.4. The zero-order valence-electron chi connectivity index (χ0n) is 11.7. The Morgan fingerprint density at radius 2 is 1.95 bits per heavy atom. The summed E-state index contributed by atoms with van der Waals surface area (Å²) in [7, 11) is -3.30. The van der Waals surface area contributed by atoms with Gasteiger partial charge >= 0.3 is 0 Å².